The highest BCUT2D eigenvalue weighted by Gasteiger charge is 2.16. The maximum atomic E-state index is 12.7. The first kappa shape index (κ1) is 23.9. The molecule has 1 rings (SSSR count). The first-order chi connectivity index (χ1) is 12.6. The van der Waals surface area contributed by atoms with Crippen LogP contribution in [0.3, 0.4) is 0 Å². The predicted molar refractivity (Wildman–Crippen MR) is 123 cm³/mol. The van der Waals surface area contributed by atoms with Crippen molar-refractivity contribution in [1.29, 1.82) is 0 Å². The predicted octanol–water partition coefficient (Wildman–Crippen LogP) is 6.89. The quantitative estimate of drug-likeness (QED) is 0.421. The molecule has 1 unspecified atom stereocenters. The fourth-order valence-corrected chi connectivity index (χ4v) is 4.01. The summed E-state index contributed by atoms with van der Waals surface area (Å²) in [7, 11) is 0. The van der Waals surface area contributed by atoms with Crippen molar-refractivity contribution >= 4 is 29.3 Å². The summed E-state index contributed by atoms with van der Waals surface area (Å²) in [5.41, 5.74) is 3.23. The SMILES string of the molecule is CCC\C=c1/sc(C(=O)C(C)CC)c/c1=C/C(CCC(C)(C)C)=C(\C)CC. The van der Waals surface area contributed by atoms with Gasteiger partial charge in [0, 0.05) is 10.5 Å². The van der Waals surface area contributed by atoms with Gasteiger partial charge in [0.05, 0.1) is 4.88 Å². The van der Waals surface area contributed by atoms with E-state index in [1.165, 1.54) is 27.3 Å². The number of ketones is 1. The topological polar surface area (TPSA) is 17.1 Å². The van der Waals surface area contributed by atoms with Gasteiger partial charge in [0.2, 0.25) is 0 Å². The molecule has 0 N–H and O–H groups in total. The van der Waals surface area contributed by atoms with Crippen LogP contribution >= 0.6 is 11.3 Å². The molecule has 27 heavy (non-hydrogen) atoms. The fraction of sp³-hybridized carbons (Fsp3) is 0.640. The second kappa shape index (κ2) is 11.0. The zero-order chi connectivity index (χ0) is 20.6. The molecule has 0 aliphatic heterocycles. The van der Waals surface area contributed by atoms with Gasteiger partial charge >= 0.3 is 0 Å². The summed E-state index contributed by atoms with van der Waals surface area (Å²) in [5.74, 6) is 0.393. The first-order valence-electron chi connectivity index (χ1n) is 10.7. The lowest BCUT2D eigenvalue weighted by Gasteiger charge is -2.19. The van der Waals surface area contributed by atoms with Crippen LogP contribution in [0.25, 0.3) is 12.2 Å². The highest BCUT2D eigenvalue weighted by atomic mass is 32.1. The second-order valence-corrected chi connectivity index (χ2v) is 10.0. The van der Waals surface area contributed by atoms with Crippen molar-refractivity contribution in [2.45, 2.75) is 93.9 Å². The fourth-order valence-electron chi connectivity index (χ4n) is 2.85. The van der Waals surface area contributed by atoms with Gasteiger partial charge in [-0.3, -0.25) is 4.79 Å². The van der Waals surface area contributed by atoms with Crippen LogP contribution in [0.5, 0.6) is 0 Å². The van der Waals surface area contributed by atoms with Gasteiger partial charge < -0.3 is 0 Å². The van der Waals surface area contributed by atoms with Crippen LogP contribution in [0.15, 0.2) is 17.2 Å². The Bertz CT molecular complexity index is 755. The minimum absolute atomic E-state index is 0.101. The molecule has 1 aromatic rings. The van der Waals surface area contributed by atoms with Crippen LogP contribution < -0.4 is 9.75 Å². The van der Waals surface area contributed by atoms with Crippen LogP contribution in [-0.2, 0) is 0 Å². The average molecular weight is 389 g/mol. The van der Waals surface area contributed by atoms with Gasteiger partial charge in [0.25, 0.3) is 0 Å². The van der Waals surface area contributed by atoms with Crippen LogP contribution in [0.2, 0.25) is 0 Å². The second-order valence-electron chi connectivity index (χ2n) is 8.96. The van der Waals surface area contributed by atoms with E-state index in [2.05, 4.69) is 66.7 Å². The van der Waals surface area contributed by atoms with E-state index in [1.807, 2.05) is 6.92 Å². The standard InChI is InChI=1S/C25H40OS/c1-9-12-13-22-21(17-23(27-22)24(26)19(5)11-3)16-20(18(4)10-2)14-15-25(6,7)8/h13,16-17,19H,9-12,14-15H2,1-8H3/b20-18+,21-16-,22-13-. The van der Waals surface area contributed by atoms with Crippen LogP contribution in [0, 0.1) is 11.3 Å². The van der Waals surface area contributed by atoms with Gasteiger partial charge in [0.1, 0.15) is 0 Å². The zero-order valence-electron chi connectivity index (χ0n) is 18.9. The minimum Gasteiger partial charge on any atom is -0.293 e. The summed E-state index contributed by atoms with van der Waals surface area (Å²) in [5, 5.41) is 1.23. The third-order valence-corrected chi connectivity index (χ3v) is 6.43. The zero-order valence-corrected chi connectivity index (χ0v) is 19.7. The molecule has 152 valence electrons. The number of hydrogen-bond acceptors (Lipinski definition) is 2. The van der Waals surface area contributed by atoms with E-state index in [0.717, 1.165) is 37.0 Å². The van der Waals surface area contributed by atoms with Crippen molar-refractivity contribution in [2.24, 2.45) is 11.3 Å². The Morgan fingerprint density at radius 1 is 1.22 bits per heavy atom. The van der Waals surface area contributed by atoms with Gasteiger partial charge in [-0.2, -0.15) is 0 Å². The van der Waals surface area contributed by atoms with Crippen molar-refractivity contribution in [3.05, 3.63) is 31.8 Å². The molecule has 0 amide bonds. The van der Waals surface area contributed by atoms with Crippen molar-refractivity contribution in [2.75, 3.05) is 0 Å². The Labute approximate surface area is 171 Å². The molecule has 0 saturated heterocycles. The highest BCUT2D eigenvalue weighted by Crippen LogP contribution is 2.26. The lowest BCUT2D eigenvalue weighted by atomic mass is 9.87. The van der Waals surface area contributed by atoms with Crippen LogP contribution in [0.1, 0.15) is 104 Å². The van der Waals surface area contributed by atoms with Crippen LogP contribution in [0.4, 0.5) is 0 Å². The molecule has 0 fully saturated rings. The Morgan fingerprint density at radius 2 is 1.89 bits per heavy atom. The molecule has 1 atom stereocenters. The maximum Gasteiger partial charge on any atom is 0.175 e. The summed E-state index contributed by atoms with van der Waals surface area (Å²) in [4.78, 5) is 13.6. The number of allylic oxidation sites excluding steroid dienone is 2. The number of thiophene rings is 1. The summed E-state index contributed by atoms with van der Waals surface area (Å²) >= 11 is 1.68. The van der Waals surface area contributed by atoms with Gasteiger partial charge in [-0.25, -0.2) is 0 Å². The molecular formula is C25H40OS. The number of rotatable bonds is 9. The Balaban J connectivity index is 3.45. The Morgan fingerprint density at radius 3 is 2.41 bits per heavy atom. The molecule has 0 saturated carbocycles. The lowest BCUT2D eigenvalue weighted by molar-refractivity contribution is 0.0931. The van der Waals surface area contributed by atoms with E-state index >= 15 is 0 Å². The largest absolute Gasteiger partial charge is 0.293 e. The molecule has 0 radical (unpaired) electrons. The molecule has 0 aliphatic carbocycles. The minimum atomic E-state index is 0.101. The molecule has 2 heteroatoms. The molecule has 1 nitrogen and oxygen atoms in total. The number of unbranched alkanes of at least 4 members (excludes halogenated alkanes) is 1. The number of Topliss-reactive ketones (excluding diaryl/α,β-unsaturated/α-hetero) is 1. The maximum absolute atomic E-state index is 12.7. The van der Waals surface area contributed by atoms with E-state index < -0.39 is 0 Å². The summed E-state index contributed by atoms with van der Waals surface area (Å²) in [6.07, 6.45) is 11.1. The van der Waals surface area contributed by atoms with Crippen LogP contribution in [-0.4, -0.2) is 5.78 Å². The Kier molecular flexibility index (Phi) is 9.73. The molecule has 1 heterocycles. The molecule has 0 aromatic carbocycles. The lowest BCUT2D eigenvalue weighted by Crippen LogP contribution is -2.18. The van der Waals surface area contributed by atoms with Gasteiger partial charge in [-0.1, -0.05) is 72.6 Å². The number of hydrogen-bond donors (Lipinski definition) is 0. The average Bonchev–Trinajstić information content (AvgIpc) is 3.03. The molecule has 0 aliphatic rings. The van der Waals surface area contributed by atoms with Crippen molar-refractivity contribution < 1.29 is 4.79 Å². The summed E-state index contributed by atoms with van der Waals surface area (Å²) in [6.45, 7) is 17.7. The van der Waals surface area contributed by atoms with E-state index in [1.54, 1.807) is 11.3 Å². The van der Waals surface area contributed by atoms with E-state index in [0.29, 0.717) is 11.2 Å². The molecule has 0 bridgehead atoms. The third-order valence-electron chi connectivity index (χ3n) is 5.26. The van der Waals surface area contributed by atoms with E-state index in [4.69, 9.17) is 0 Å². The summed E-state index contributed by atoms with van der Waals surface area (Å²) in [6, 6.07) is 2.14. The van der Waals surface area contributed by atoms with Crippen molar-refractivity contribution in [1.82, 2.24) is 0 Å². The monoisotopic (exact) mass is 388 g/mol. The smallest absolute Gasteiger partial charge is 0.175 e. The van der Waals surface area contributed by atoms with Gasteiger partial charge in [0.15, 0.2) is 5.78 Å². The molecule has 1 aromatic heterocycles. The first-order valence-corrected chi connectivity index (χ1v) is 11.5. The van der Waals surface area contributed by atoms with E-state index in [-0.39, 0.29) is 5.92 Å². The van der Waals surface area contributed by atoms with Gasteiger partial charge in [-0.15, -0.1) is 11.3 Å². The van der Waals surface area contributed by atoms with E-state index in [9.17, 15) is 4.79 Å². The highest BCUT2D eigenvalue weighted by molar-refractivity contribution is 7.12. The summed E-state index contributed by atoms with van der Waals surface area (Å²) < 4.78 is 1.26. The molecule has 0 spiro atoms. The van der Waals surface area contributed by atoms with Crippen molar-refractivity contribution in [3.8, 4) is 0 Å². The van der Waals surface area contributed by atoms with Gasteiger partial charge in [-0.05, 0) is 61.3 Å². The Hall–Kier alpha value is -1.15. The number of carbonyl (C=O) groups excluding carboxylic acids is 1. The normalized spacial score (nSPS) is 15.9. The number of carbonyl (C=O) groups is 1. The molecular weight excluding hydrogens is 348 g/mol. The van der Waals surface area contributed by atoms with Crippen molar-refractivity contribution in [3.63, 3.8) is 0 Å². The third kappa shape index (κ3) is 7.78.